The van der Waals surface area contributed by atoms with E-state index in [0.29, 0.717) is 16.0 Å². The summed E-state index contributed by atoms with van der Waals surface area (Å²) in [5.41, 5.74) is 6.31. The average Bonchev–Trinajstić information content (AvgIpc) is 3.43. The number of amides is 2. The fraction of sp³-hybridized carbons (Fsp3) is 0.476. The largest absolute Gasteiger partial charge is 0.380 e. The molecule has 2 aliphatic carbocycles. The summed E-state index contributed by atoms with van der Waals surface area (Å²) in [4.78, 5) is 30.8. The molecule has 156 valence electrons. The number of benzene rings is 1. The first kappa shape index (κ1) is 18.5. The molecule has 4 heterocycles. The second kappa shape index (κ2) is 5.91. The lowest BCUT2D eigenvalue weighted by molar-refractivity contribution is -0.160. The van der Waals surface area contributed by atoms with Crippen LogP contribution in [-0.4, -0.2) is 44.5 Å². The second-order valence-electron chi connectivity index (χ2n) is 9.04. The Morgan fingerprint density at radius 3 is 2.60 bits per heavy atom. The topological polar surface area (TPSA) is 101 Å². The monoisotopic (exact) mass is 474 g/mol. The van der Waals surface area contributed by atoms with Gasteiger partial charge in [-0.2, -0.15) is 0 Å². The van der Waals surface area contributed by atoms with Crippen molar-refractivity contribution in [3.63, 3.8) is 0 Å². The van der Waals surface area contributed by atoms with E-state index in [2.05, 4.69) is 20.9 Å². The molecule has 7 rings (SSSR count). The Morgan fingerprint density at radius 1 is 1.27 bits per heavy atom. The van der Waals surface area contributed by atoms with Crippen LogP contribution in [0.4, 0.5) is 4.39 Å². The maximum atomic E-state index is 14.2. The van der Waals surface area contributed by atoms with Gasteiger partial charge in [-0.05, 0) is 65.2 Å². The van der Waals surface area contributed by atoms with E-state index in [1.54, 1.807) is 11.0 Å². The predicted molar refractivity (Wildman–Crippen MR) is 108 cm³/mol. The number of imidazole rings is 1. The van der Waals surface area contributed by atoms with E-state index >= 15 is 0 Å². The number of carbonyl (C=O) groups is 2. The summed E-state index contributed by atoms with van der Waals surface area (Å²) in [6.07, 6.45) is 3.36. The molecule has 2 saturated carbocycles. The van der Waals surface area contributed by atoms with Crippen molar-refractivity contribution in [1.82, 2.24) is 14.5 Å². The summed E-state index contributed by atoms with van der Waals surface area (Å²) in [6, 6.07) is 3.27. The van der Waals surface area contributed by atoms with Gasteiger partial charge < -0.3 is 20.3 Å². The Hall–Kier alpha value is -2.26. The Morgan fingerprint density at radius 2 is 1.97 bits per heavy atom. The van der Waals surface area contributed by atoms with Crippen molar-refractivity contribution in [3.8, 4) is 11.4 Å². The summed E-state index contributed by atoms with van der Waals surface area (Å²) in [7, 11) is 0. The number of β-amino-alcohol motifs (C(OH)–C–C–N with tert-alkyl or cyclic N) is 1. The van der Waals surface area contributed by atoms with Gasteiger partial charge in [-0.25, -0.2) is 9.37 Å². The number of carbonyl (C=O) groups excluding carboxylic acids is 2. The molecule has 1 aromatic carbocycles. The minimum Gasteiger partial charge on any atom is -0.380 e. The second-order valence-corrected chi connectivity index (χ2v) is 9.90. The number of primary amides is 1. The molecule has 2 bridgehead atoms. The molecule has 0 spiro atoms. The predicted octanol–water partition coefficient (Wildman–Crippen LogP) is 2.42. The van der Waals surface area contributed by atoms with Crippen LogP contribution in [-0.2, 0) is 10.4 Å². The van der Waals surface area contributed by atoms with Gasteiger partial charge in [0.15, 0.2) is 5.69 Å². The fourth-order valence-corrected chi connectivity index (χ4v) is 5.56. The summed E-state index contributed by atoms with van der Waals surface area (Å²) >= 11 is 3.25. The first-order valence-corrected chi connectivity index (χ1v) is 11.0. The number of halogens is 2. The summed E-state index contributed by atoms with van der Waals surface area (Å²) in [5.74, 6) is -0.185. The van der Waals surface area contributed by atoms with Crippen molar-refractivity contribution in [3.05, 3.63) is 39.4 Å². The molecule has 30 heavy (non-hydrogen) atoms. The molecule has 1 saturated heterocycles. The SMILES string of the molecule is NC(=O)c1nc2n(c1C1(O)CN(C(=O)C3CC3)C1)C1CC(C1)c1cc(F)c(Br)cc1-2. The lowest BCUT2D eigenvalue weighted by atomic mass is 9.75. The van der Waals surface area contributed by atoms with E-state index in [1.165, 1.54) is 6.07 Å². The highest BCUT2D eigenvalue weighted by atomic mass is 79.9. The third-order valence-electron chi connectivity index (χ3n) is 6.98. The van der Waals surface area contributed by atoms with Crippen molar-refractivity contribution in [2.75, 3.05) is 13.1 Å². The molecule has 0 atom stereocenters. The molecule has 3 fully saturated rings. The van der Waals surface area contributed by atoms with Crippen LogP contribution in [0.3, 0.4) is 0 Å². The standard InChI is InChI=1S/C21H20BrFN4O3/c22-14-5-13-12(6-15(14)23)10-3-11(4-10)27-17(16(18(24)28)25-19(13)27)21(30)7-26(8-21)20(29)9-1-2-9/h5-6,9-11,30H,1-4,7-8H2,(H2,24,28). The molecule has 3 aliphatic heterocycles. The highest BCUT2D eigenvalue weighted by molar-refractivity contribution is 9.10. The molecule has 9 heteroatoms. The maximum absolute atomic E-state index is 14.2. The van der Waals surface area contributed by atoms with Gasteiger partial charge in [0, 0.05) is 17.5 Å². The van der Waals surface area contributed by atoms with E-state index in [-0.39, 0.29) is 48.4 Å². The van der Waals surface area contributed by atoms with E-state index in [1.807, 2.05) is 4.57 Å². The van der Waals surface area contributed by atoms with Crippen molar-refractivity contribution < 1.29 is 19.1 Å². The Balaban J connectivity index is 1.50. The van der Waals surface area contributed by atoms with Gasteiger partial charge in [0.25, 0.3) is 5.91 Å². The van der Waals surface area contributed by atoms with Crippen LogP contribution in [0, 0.1) is 11.7 Å². The summed E-state index contributed by atoms with van der Waals surface area (Å²) in [5, 5.41) is 11.4. The van der Waals surface area contributed by atoms with E-state index in [9.17, 15) is 19.1 Å². The molecule has 7 nitrogen and oxygen atoms in total. The number of nitrogens with zero attached hydrogens (tertiary/aromatic N) is 3. The average molecular weight is 475 g/mol. The number of hydrogen-bond donors (Lipinski definition) is 2. The highest BCUT2D eigenvalue weighted by Crippen LogP contribution is 2.55. The first-order valence-electron chi connectivity index (χ1n) is 10.2. The number of aliphatic hydroxyl groups is 1. The Labute approximate surface area is 180 Å². The molecule has 2 amide bonds. The quantitative estimate of drug-likeness (QED) is 0.712. The van der Waals surface area contributed by atoms with Crippen LogP contribution in [0.1, 0.15) is 59.4 Å². The van der Waals surface area contributed by atoms with Gasteiger partial charge in [-0.15, -0.1) is 0 Å². The van der Waals surface area contributed by atoms with Crippen LogP contribution in [0.5, 0.6) is 0 Å². The molecule has 3 N–H and O–H groups in total. The number of likely N-dealkylation sites (tertiary alicyclic amines) is 1. The van der Waals surface area contributed by atoms with E-state index in [0.717, 1.165) is 36.8 Å². The fourth-order valence-electron chi connectivity index (χ4n) is 5.22. The van der Waals surface area contributed by atoms with Crippen LogP contribution in [0.25, 0.3) is 11.4 Å². The molecule has 1 aromatic heterocycles. The minimum atomic E-state index is -1.37. The Kier molecular flexibility index (Phi) is 3.65. The van der Waals surface area contributed by atoms with Gasteiger partial charge in [0.2, 0.25) is 5.91 Å². The number of aromatic nitrogens is 2. The zero-order valence-corrected chi connectivity index (χ0v) is 17.7. The van der Waals surface area contributed by atoms with E-state index < -0.39 is 11.5 Å². The van der Waals surface area contributed by atoms with Gasteiger partial charge in [-0.1, -0.05) is 0 Å². The van der Waals surface area contributed by atoms with Gasteiger partial charge >= 0.3 is 0 Å². The molecule has 0 unspecified atom stereocenters. The molecular weight excluding hydrogens is 455 g/mol. The molecule has 0 radical (unpaired) electrons. The lowest BCUT2D eigenvalue weighted by Gasteiger charge is -2.48. The van der Waals surface area contributed by atoms with Crippen LogP contribution in [0.15, 0.2) is 16.6 Å². The van der Waals surface area contributed by atoms with Crippen LogP contribution >= 0.6 is 15.9 Å². The maximum Gasteiger partial charge on any atom is 0.269 e. The normalized spacial score (nSPS) is 25.5. The van der Waals surface area contributed by atoms with Crippen molar-refractivity contribution in [1.29, 1.82) is 0 Å². The summed E-state index contributed by atoms with van der Waals surface area (Å²) in [6.45, 7) is 0.258. The third-order valence-corrected chi connectivity index (χ3v) is 7.59. The van der Waals surface area contributed by atoms with Gasteiger partial charge in [-0.3, -0.25) is 9.59 Å². The molecule has 5 aliphatic rings. The third kappa shape index (κ3) is 2.42. The minimum absolute atomic E-state index is 0.0303. The molecular formula is C21H20BrFN4O3. The van der Waals surface area contributed by atoms with Crippen LogP contribution in [0.2, 0.25) is 0 Å². The van der Waals surface area contributed by atoms with Crippen LogP contribution < -0.4 is 5.73 Å². The van der Waals surface area contributed by atoms with Crippen molar-refractivity contribution in [2.24, 2.45) is 11.7 Å². The van der Waals surface area contributed by atoms with Gasteiger partial charge in [0.05, 0.1) is 23.3 Å². The number of rotatable bonds is 3. The zero-order valence-electron chi connectivity index (χ0n) is 16.1. The van der Waals surface area contributed by atoms with Crippen molar-refractivity contribution >= 4 is 27.7 Å². The first-order chi connectivity index (χ1) is 14.3. The zero-order chi connectivity index (χ0) is 20.9. The van der Waals surface area contributed by atoms with E-state index in [4.69, 9.17) is 5.73 Å². The lowest BCUT2D eigenvalue weighted by Crippen LogP contribution is -2.63. The summed E-state index contributed by atoms with van der Waals surface area (Å²) < 4.78 is 16.5. The van der Waals surface area contributed by atoms with Gasteiger partial charge in [0.1, 0.15) is 17.2 Å². The number of nitrogens with two attached hydrogens (primary N) is 1. The molecule has 2 aromatic rings. The smallest absolute Gasteiger partial charge is 0.269 e. The van der Waals surface area contributed by atoms with Crippen molar-refractivity contribution in [2.45, 2.75) is 43.2 Å². The Bertz CT molecular complexity index is 1130. The highest BCUT2D eigenvalue weighted by Gasteiger charge is 2.54. The number of hydrogen-bond acceptors (Lipinski definition) is 4.